The summed E-state index contributed by atoms with van der Waals surface area (Å²) in [5, 5.41) is 12.7. The first-order chi connectivity index (χ1) is 10.1. The summed E-state index contributed by atoms with van der Waals surface area (Å²) in [6.45, 7) is 2.40. The second kappa shape index (κ2) is 6.25. The normalized spacial score (nSPS) is 41.5. The number of piperidine rings is 1. The Morgan fingerprint density at radius 1 is 1.14 bits per heavy atom. The minimum atomic E-state index is -0.688. The van der Waals surface area contributed by atoms with Crippen LogP contribution in [0.3, 0.4) is 0 Å². The van der Waals surface area contributed by atoms with E-state index in [0.717, 1.165) is 31.1 Å². The molecule has 4 heteroatoms. The third kappa shape index (κ3) is 2.98. The van der Waals surface area contributed by atoms with Gasteiger partial charge in [-0.2, -0.15) is 0 Å². The number of nitrogens with one attached hydrogen (secondary N) is 1. The van der Waals surface area contributed by atoms with Crippen LogP contribution in [-0.4, -0.2) is 47.7 Å². The third-order valence-corrected chi connectivity index (χ3v) is 6.45. The van der Waals surface area contributed by atoms with E-state index in [0.29, 0.717) is 6.04 Å². The fourth-order valence-electron chi connectivity index (χ4n) is 5.05. The van der Waals surface area contributed by atoms with Gasteiger partial charge in [0.1, 0.15) is 5.54 Å². The van der Waals surface area contributed by atoms with Gasteiger partial charge in [0.25, 0.3) is 0 Å². The van der Waals surface area contributed by atoms with E-state index in [1.165, 1.54) is 51.6 Å². The molecule has 2 N–H and O–H groups in total. The number of fused-ring (bicyclic) bond motifs is 1. The fourth-order valence-corrected chi connectivity index (χ4v) is 5.05. The van der Waals surface area contributed by atoms with E-state index < -0.39 is 11.5 Å². The molecule has 2 saturated carbocycles. The summed E-state index contributed by atoms with van der Waals surface area (Å²) in [5.74, 6) is 1.16. The maximum absolute atomic E-state index is 11.7. The molecular weight excluding hydrogens is 264 g/mol. The molecule has 0 bridgehead atoms. The van der Waals surface area contributed by atoms with Crippen molar-refractivity contribution in [2.24, 2.45) is 11.8 Å². The van der Waals surface area contributed by atoms with E-state index in [1.807, 2.05) is 7.05 Å². The van der Waals surface area contributed by atoms with Gasteiger partial charge in [0.05, 0.1) is 0 Å². The van der Waals surface area contributed by atoms with Crippen LogP contribution in [0.1, 0.15) is 57.8 Å². The Kier molecular flexibility index (Phi) is 4.55. The summed E-state index contributed by atoms with van der Waals surface area (Å²) in [5.41, 5.74) is -0.688. The van der Waals surface area contributed by atoms with Crippen molar-refractivity contribution in [3.8, 4) is 0 Å². The van der Waals surface area contributed by atoms with Crippen LogP contribution in [0, 0.1) is 11.8 Å². The van der Waals surface area contributed by atoms with Crippen molar-refractivity contribution in [1.29, 1.82) is 0 Å². The van der Waals surface area contributed by atoms with Crippen LogP contribution in [0.2, 0.25) is 0 Å². The van der Waals surface area contributed by atoms with Crippen molar-refractivity contribution < 1.29 is 9.90 Å². The Hall–Kier alpha value is -0.610. The van der Waals surface area contributed by atoms with Crippen LogP contribution in [-0.2, 0) is 4.79 Å². The highest BCUT2D eigenvalue weighted by Gasteiger charge is 2.44. The molecule has 1 aliphatic heterocycles. The molecule has 4 nitrogen and oxygen atoms in total. The third-order valence-electron chi connectivity index (χ3n) is 6.45. The molecule has 1 heterocycles. The SMILES string of the molecule is CNC1(C(=O)O)CCCC(N2CCC3CCCCC3C2)C1. The van der Waals surface area contributed by atoms with Crippen molar-refractivity contribution in [2.45, 2.75) is 69.4 Å². The van der Waals surface area contributed by atoms with Gasteiger partial charge in [0, 0.05) is 12.6 Å². The average molecular weight is 294 g/mol. The molecule has 2 aliphatic carbocycles. The molecule has 21 heavy (non-hydrogen) atoms. The summed E-state index contributed by atoms with van der Waals surface area (Å²) in [6, 6.07) is 0.463. The number of likely N-dealkylation sites (N-methyl/N-ethyl adjacent to an activating group) is 1. The Morgan fingerprint density at radius 2 is 1.90 bits per heavy atom. The molecule has 3 fully saturated rings. The fraction of sp³-hybridized carbons (Fsp3) is 0.941. The quantitative estimate of drug-likeness (QED) is 0.839. The summed E-state index contributed by atoms with van der Waals surface area (Å²) in [7, 11) is 1.81. The number of carboxylic acid groups (broad SMARTS) is 1. The van der Waals surface area contributed by atoms with Crippen LogP contribution in [0.25, 0.3) is 0 Å². The predicted octanol–water partition coefficient (Wildman–Crippen LogP) is 2.48. The van der Waals surface area contributed by atoms with Crippen LogP contribution in [0.15, 0.2) is 0 Å². The first-order valence-corrected chi connectivity index (χ1v) is 8.81. The number of carboxylic acids is 1. The van der Waals surface area contributed by atoms with Gasteiger partial charge in [-0.1, -0.05) is 19.3 Å². The lowest BCUT2D eigenvalue weighted by atomic mass is 9.73. The van der Waals surface area contributed by atoms with Gasteiger partial charge >= 0.3 is 5.97 Å². The predicted molar refractivity (Wildman–Crippen MR) is 83.3 cm³/mol. The Morgan fingerprint density at radius 3 is 2.62 bits per heavy atom. The highest BCUT2D eigenvalue weighted by Crippen LogP contribution is 2.39. The van der Waals surface area contributed by atoms with Crippen LogP contribution in [0.4, 0.5) is 0 Å². The Bertz CT molecular complexity index is 387. The van der Waals surface area contributed by atoms with Gasteiger partial charge in [-0.05, 0) is 64.0 Å². The van der Waals surface area contributed by atoms with Crippen molar-refractivity contribution in [3.63, 3.8) is 0 Å². The second-order valence-electron chi connectivity index (χ2n) is 7.48. The van der Waals surface area contributed by atoms with Crippen LogP contribution >= 0.6 is 0 Å². The van der Waals surface area contributed by atoms with E-state index in [2.05, 4.69) is 10.2 Å². The second-order valence-corrected chi connectivity index (χ2v) is 7.48. The minimum absolute atomic E-state index is 0.463. The molecule has 0 spiro atoms. The Labute approximate surface area is 128 Å². The molecule has 0 aromatic carbocycles. The number of likely N-dealkylation sites (tertiary alicyclic amines) is 1. The van der Waals surface area contributed by atoms with E-state index in [4.69, 9.17) is 0 Å². The Balaban J connectivity index is 1.65. The number of carbonyl (C=O) groups is 1. The van der Waals surface area contributed by atoms with Gasteiger partial charge < -0.3 is 15.3 Å². The van der Waals surface area contributed by atoms with E-state index in [-0.39, 0.29) is 0 Å². The molecule has 0 aromatic rings. The van der Waals surface area contributed by atoms with Gasteiger partial charge in [-0.15, -0.1) is 0 Å². The molecule has 1 saturated heterocycles. The van der Waals surface area contributed by atoms with Crippen LogP contribution < -0.4 is 5.32 Å². The monoisotopic (exact) mass is 294 g/mol. The van der Waals surface area contributed by atoms with Gasteiger partial charge in [0.15, 0.2) is 0 Å². The topological polar surface area (TPSA) is 52.6 Å². The first kappa shape index (κ1) is 15.3. The number of hydrogen-bond donors (Lipinski definition) is 2. The molecule has 4 unspecified atom stereocenters. The molecule has 0 aromatic heterocycles. The van der Waals surface area contributed by atoms with Crippen molar-refractivity contribution in [1.82, 2.24) is 10.2 Å². The highest BCUT2D eigenvalue weighted by atomic mass is 16.4. The van der Waals surface area contributed by atoms with Crippen molar-refractivity contribution in [2.75, 3.05) is 20.1 Å². The highest BCUT2D eigenvalue weighted by molar-refractivity contribution is 5.79. The van der Waals surface area contributed by atoms with Gasteiger partial charge in [0.2, 0.25) is 0 Å². The number of aliphatic carboxylic acids is 1. The van der Waals surface area contributed by atoms with E-state index >= 15 is 0 Å². The number of hydrogen-bond acceptors (Lipinski definition) is 3. The summed E-state index contributed by atoms with van der Waals surface area (Å²) < 4.78 is 0. The molecule has 3 aliphatic rings. The van der Waals surface area contributed by atoms with Crippen molar-refractivity contribution >= 4 is 5.97 Å². The van der Waals surface area contributed by atoms with Gasteiger partial charge in [-0.3, -0.25) is 4.79 Å². The lowest BCUT2D eigenvalue weighted by Crippen LogP contribution is -2.58. The van der Waals surface area contributed by atoms with E-state index in [1.54, 1.807) is 0 Å². The molecule has 4 atom stereocenters. The zero-order chi connectivity index (χ0) is 14.9. The minimum Gasteiger partial charge on any atom is -0.480 e. The molecule has 0 radical (unpaired) electrons. The van der Waals surface area contributed by atoms with E-state index in [9.17, 15) is 9.90 Å². The summed E-state index contributed by atoms with van der Waals surface area (Å²) >= 11 is 0. The molecular formula is C17H30N2O2. The number of rotatable bonds is 3. The zero-order valence-electron chi connectivity index (χ0n) is 13.3. The summed E-state index contributed by atoms with van der Waals surface area (Å²) in [4.78, 5) is 14.3. The molecule has 120 valence electrons. The van der Waals surface area contributed by atoms with Crippen LogP contribution in [0.5, 0.6) is 0 Å². The largest absolute Gasteiger partial charge is 0.480 e. The molecule has 3 rings (SSSR count). The first-order valence-electron chi connectivity index (χ1n) is 8.81. The maximum atomic E-state index is 11.7. The van der Waals surface area contributed by atoms with Crippen molar-refractivity contribution in [3.05, 3.63) is 0 Å². The van der Waals surface area contributed by atoms with Gasteiger partial charge in [-0.25, -0.2) is 0 Å². The smallest absolute Gasteiger partial charge is 0.323 e. The lowest BCUT2D eigenvalue weighted by Gasteiger charge is -2.48. The standard InChI is InChI=1S/C17H30N2O2/c1-18-17(16(20)21)9-4-7-15(11-17)19-10-8-13-5-2-3-6-14(13)12-19/h13-15,18H,2-12H2,1H3,(H,20,21). The average Bonchev–Trinajstić information content (AvgIpc) is 2.54. The number of nitrogens with zero attached hydrogens (tertiary/aromatic N) is 1. The maximum Gasteiger partial charge on any atom is 0.323 e. The summed E-state index contributed by atoms with van der Waals surface area (Å²) in [6.07, 6.45) is 10.7. The molecule has 0 amide bonds. The zero-order valence-corrected chi connectivity index (χ0v) is 13.3. The lowest BCUT2D eigenvalue weighted by molar-refractivity contribution is -0.147.